The molecule has 2 aromatic carbocycles. The molecule has 0 fully saturated rings. The molecule has 2 aromatic rings. The van der Waals surface area contributed by atoms with Crippen LogP contribution in [0.4, 0.5) is 5.69 Å². The van der Waals surface area contributed by atoms with E-state index in [0.717, 1.165) is 30.4 Å². The van der Waals surface area contributed by atoms with E-state index in [4.69, 9.17) is 0 Å². The SMILES string of the molecule is CCCNCCc1ccc(NS(=O)(=O)c2ccc(Br)cc2)cc1. The van der Waals surface area contributed by atoms with Gasteiger partial charge in [-0.2, -0.15) is 0 Å². The summed E-state index contributed by atoms with van der Waals surface area (Å²) in [6.45, 7) is 4.09. The van der Waals surface area contributed by atoms with E-state index in [9.17, 15) is 8.42 Å². The monoisotopic (exact) mass is 396 g/mol. The lowest BCUT2D eigenvalue weighted by Crippen LogP contribution is -2.17. The number of sulfonamides is 1. The van der Waals surface area contributed by atoms with E-state index in [-0.39, 0.29) is 4.90 Å². The van der Waals surface area contributed by atoms with Gasteiger partial charge in [0.05, 0.1) is 4.90 Å². The average Bonchev–Trinajstić information content (AvgIpc) is 2.53. The molecule has 0 aliphatic heterocycles. The molecule has 2 N–H and O–H groups in total. The fourth-order valence-corrected chi connectivity index (χ4v) is 3.42. The third kappa shape index (κ3) is 5.64. The summed E-state index contributed by atoms with van der Waals surface area (Å²) in [5.41, 5.74) is 1.75. The molecule has 23 heavy (non-hydrogen) atoms. The Morgan fingerprint density at radius 3 is 2.22 bits per heavy atom. The number of nitrogens with one attached hydrogen (secondary N) is 2. The average molecular weight is 397 g/mol. The van der Waals surface area contributed by atoms with Gasteiger partial charge in [0.2, 0.25) is 0 Å². The topological polar surface area (TPSA) is 58.2 Å². The highest BCUT2D eigenvalue weighted by molar-refractivity contribution is 9.10. The quantitative estimate of drug-likeness (QED) is 0.667. The van der Waals surface area contributed by atoms with E-state index in [1.165, 1.54) is 5.56 Å². The molecule has 0 aliphatic rings. The standard InChI is InChI=1S/C17H21BrN2O2S/c1-2-12-19-13-11-14-3-7-16(8-4-14)20-23(21,22)17-9-5-15(18)6-10-17/h3-10,19-20H,2,11-13H2,1H3. The molecule has 0 saturated heterocycles. The Labute approximate surface area is 146 Å². The van der Waals surface area contributed by atoms with Crippen LogP contribution in [0.15, 0.2) is 57.9 Å². The van der Waals surface area contributed by atoms with Crippen LogP contribution in [0.3, 0.4) is 0 Å². The molecule has 0 heterocycles. The zero-order valence-corrected chi connectivity index (χ0v) is 15.5. The zero-order chi connectivity index (χ0) is 16.7. The Kier molecular flexibility index (Phi) is 6.62. The van der Waals surface area contributed by atoms with Gasteiger partial charge >= 0.3 is 0 Å². The van der Waals surface area contributed by atoms with Gasteiger partial charge in [-0.25, -0.2) is 8.42 Å². The first-order valence-corrected chi connectivity index (χ1v) is 9.87. The van der Waals surface area contributed by atoms with Crippen LogP contribution in [-0.4, -0.2) is 21.5 Å². The van der Waals surface area contributed by atoms with Gasteiger partial charge in [0.15, 0.2) is 0 Å². The Morgan fingerprint density at radius 2 is 1.61 bits per heavy atom. The normalized spacial score (nSPS) is 11.4. The van der Waals surface area contributed by atoms with Crippen molar-refractivity contribution in [2.24, 2.45) is 0 Å². The van der Waals surface area contributed by atoms with Crippen molar-refractivity contribution in [1.82, 2.24) is 5.32 Å². The van der Waals surface area contributed by atoms with Gasteiger partial charge in [-0.05, 0) is 67.9 Å². The second-order valence-corrected chi connectivity index (χ2v) is 7.85. The molecule has 0 spiro atoms. The first-order chi connectivity index (χ1) is 11.0. The molecule has 4 nitrogen and oxygen atoms in total. The highest BCUT2D eigenvalue weighted by atomic mass is 79.9. The van der Waals surface area contributed by atoms with Crippen molar-refractivity contribution in [3.05, 3.63) is 58.6 Å². The van der Waals surface area contributed by atoms with Gasteiger partial charge < -0.3 is 5.32 Å². The number of hydrogen-bond donors (Lipinski definition) is 2. The van der Waals surface area contributed by atoms with Crippen molar-refractivity contribution < 1.29 is 8.42 Å². The zero-order valence-electron chi connectivity index (χ0n) is 13.0. The number of halogens is 1. The molecule has 0 aromatic heterocycles. The van der Waals surface area contributed by atoms with E-state index in [1.54, 1.807) is 36.4 Å². The summed E-state index contributed by atoms with van der Waals surface area (Å²) in [4.78, 5) is 0.244. The van der Waals surface area contributed by atoms with E-state index in [1.807, 2.05) is 12.1 Å². The molecule has 2 rings (SSSR count). The Balaban J connectivity index is 1.98. The minimum Gasteiger partial charge on any atom is -0.316 e. The maximum absolute atomic E-state index is 12.3. The summed E-state index contributed by atoms with van der Waals surface area (Å²) in [7, 11) is -3.55. The summed E-state index contributed by atoms with van der Waals surface area (Å²) in [6.07, 6.45) is 2.05. The van der Waals surface area contributed by atoms with Crippen molar-refractivity contribution in [3.63, 3.8) is 0 Å². The number of hydrogen-bond acceptors (Lipinski definition) is 3. The third-order valence-electron chi connectivity index (χ3n) is 3.35. The second-order valence-electron chi connectivity index (χ2n) is 5.26. The van der Waals surface area contributed by atoms with Crippen LogP contribution in [-0.2, 0) is 16.4 Å². The molecular weight excluding hydrogens is 376 g/mol. The lowest BCUT2D eigenvalue weighted by atomic mass is 10.1. The van der Waals surface area contributed by atoms with E-state index in [2.05, 4.69) is 32.9 Å². The molecule has 0 bridgehead atoms. The Bertz CT molecular complexity index is 713. The molecule has 0 atom stereocenters. The summed E-state index contributed by atoms with van der Waals surface area (Å²) in [5.74, 6) is 0. The highest BCUT2D eigenvalue weighted by Gasteiger charge is 2.13. The molecule has 0 saturated carbocycles. The van der Waals surface area contributed by atoms with Crippen molar-refractivity contribution in [2.75, 3.05) is 17.8 Å². The summed E-state index contributed by atoms with van der Waals surface area (Å²) in [6, 6.07) is 14.1. The predicted octanol–water partition coefficient (Wildman–Crippen LogP) is 3.79. The van der Waals surface area contributed by atoms with Crippen molar-refractivity contribution in [3.8, 4) is 0 Å². The summed E-state index contributed by atoms with van der Waals surface area (Å²) < 4.78 is 28.1. The van der Waals surface area contributed by atoms with E-state index < -0.39 is 10.0 Å². The van der Waals surface area contributed by atoms with Crippen LogP contribution in [0.1, 0.15) is 18.9 Å². The van der Waals surface area contributed by atoms with Crippen LogP contribution in [0.25, 0.3) is 0 Å². The van der Waals surface area contributed by atoms with Gasteiger partial charge in [0.1, 0.15) is 0 Å². The number of benzene rings is 2. The minimum atomic E-state index is -3.55. The Hall–Kier alpha value is -1.37. The lowest BCUT2D eigenvalue weighted by molar-refractivity contribution is 0.601. The lowest BCUT2D eigenvalue weighted by Gasteiger charge is -2.09. The fraction of sp³-hybridized carbons (Fsp3) is 0.294. The predicted molar refractivity (Wildman–Crippen MR) is 98.3 cm³/mol. The second kappa shape index (κ2) is 8.47. The summed E-state index contributed by atoms with van der Waals surface area (Å²) >= 11 is 3.30. The maximum Gasteiger partial charge on any atom is 0.261 e. The molecule has 0 radical (unpaired) electrons. The highest BCUT2D eigenvalue weighted by Crippen LogP contribution is 2.19. The third-order valence-corrected chi connectivity index (χ3v) is 5.27. The van der Waals surface area contributed by atoms with E-state index >= 15 is 0 Å². The van der Waals surface area contributed by atoms with Crippen molar-refractivity contribution >= 4 is 31.6 Å². The number of rotatable bonds is 8. The van der Waals surface area contributed by atoms with Gasteiger partial charge in [0.25, 0.3) is 10.0 Å². The van der Waals surface area contributed by atoms with Crippen LogP contribution in [0, 0.1) is 0 Å². The molecule has 6 heteroatoms. The van der Waals surface area contributed by atoms with Crippen molar-refractivity contribution in [1.29, 1.82) is 0 Å². The molecule has 124 valence electrons. The minimum absolute atomic E-state index is 0.244. The maximum atomic E-state index is 12.3. The van der Waals surface area contributed by atoms with Gasteiger partial charge in [-0.1, -0.05) is 35.0 Å². The van der Waals surface area contributed by atoms with Gasteiger partial charge in [-0.3, -0.25) is 4.72 Å². The largest absolute Gasteiger partial charge is 0.316 e. The summed E-state index contributed by atoms with van der Waals surface area (Å²) in [5, 5.41) is 3.35. The van der Waals surface area contributed by atoms with Crippen LogP contribution in [0.5, 0.6) is 0 Å². The first-order valence-electron chi connectivity index (χ1n) is 7.59. The smallest absolute Gasteiger partial charge is 0.261 e. The van der Waals surface area contributed by atoms with Crippen LogP contribution < -0.4 is 10.0 Å². The number of anilines is 1. The van der Waals surface area contributed by atoms with Crippen LogP contribution in [0.2, 0.25) is 0 Å². The molecular formula is C17H21BrN2O2S. The van der Waals surface area contributed by atoms with Gasteiger partial charge in [0, 0.05) is 10.2 Å². The first kappa shape index (κ1) is 18.0. The molecule has 0 unspecified atom stereocenters. The molecule has 0 aliphatic carbocycles. The van der Waals surface area contributed by atoms with E-state index in [0.29, 0.717) is 5.69 Å². The van der Waals surface area contributed by atoms with Crippen LogP contribution >= 0.6 is 15.9 Å². The van der Waals surface area contributed by atoms with Gasteiger partial charge in [-0.15, -0.1) is 0 Å². The molecule has 0 amide bonds. The fourth-order valence-electron chi connectivity index (χ4n) is 2.10. The Morgan fingerprint density at radius 1 is 0.957 bits per heavy atom. The van der Waals surface area contributed by atoms with Crippen molar-refractivity contribution in [2.45, 2.75) is 24.7 Å².